The van der Waals surface area contributed by atoms with Gasteiger partial charge in [-0.3, -0.25) is 4.98 Å². The van der Waals surface area contributed by atoms with Crippen LogP contribution < -0.4 is 10.2 Å². The van der Waals surface area contributed by atoms with Crippen molar-refractivity contribution in [2.45, 2.75) is 64.3 Å². The SMILES string of the molecule is CC(C)NCc1ccncc1N1CCOC2CCCCC21. The van der Waals surface area contributed by atoms with Crippen LogP contribution in [0.25, 0.3) is 0 Å². The number of ether oxygens (including phenoxy) is 1. The molecule has 0 spiro atoms. The Bertz CT molecular complexity index is 461. The van der Waals surface area contributed by atoms with Gasteiger partial charge in [0.05, 0.1) is 30.6 Å². The molecule has 1 aliphatic heterocycles. The van der Waals surface area contributed by atoms with Gasteiger partial charge in [-0.25, -0.2) is 0 Å². The molecule has 1 N–H and O–H groups in total. The summed E-state index contributed by atoms with van der Waals surface area (Å²) in [6.45, 7) is 7.11. The van der Waals surface area contributed by atoms with Gasteiger partial charge in [-0.15, -0.1) is 0 Å². The Balaban J connectivity index is 1.81. The van der Waals surface area contributed by atoms with E-state index >= 15 is 0 Å². The van der Waals surface area contributed by atoms with Gasteiger partial charge in [-0.1, -0.05) is 26.7 Å². The van der Waals surface area contributed by atoms with E-state index in [0.717, 1.165) is 19.7 Å². The highest BCUT2D eigenvalue weighted by atomic mass is 16.5. The molecule has 1 saturated heterocycles. The minimum atomic E-state index is 0.415. The topological polar surface area (TPSA) is 37.4 Å². The summed E-state index contributed by atoms with van der Waals surface area (Å²) in [6.07, 6.45) is 9.44. The number of hydrogen-bond acceptors (Lipinski definition) is 4. The van der Waals surface area contributed by atoms with E-state index in [4.69, 9.17) is 4.74 Å². The number of aromatic nitrogens is 1. The number of rotatable bonds is 4. The first-order valence-corrected chi connectivity index (χ1v) is 8.30. The van der Waals surface area contributed by atoms with Crippen LogP contribution in [0.3, 0.4) is 0 Å². The number of nitrogens with zero attached hydrogens (tertiary/aromatic N) is 2. The second kappa shape index (κ2) is 6.75. The lowest BCUT2D eigenvalue weighted by atomic mass is 9.89. The van der Waals surface area contributed by atoms with Crippen LogP contribution in [0.2, 0.25) is 0 Å². The van der Waals surface area contributed by atoms with Gasteiger partial charge in [-0.2, -0.15) is 0 Å². The number of morpholine rings is 1. The third-order valence-electron chi connectivity index (χ3n) is 4.63. The van der Waals surface area contributed by atoms with Crippen LogP contribution in [0.1, 0.15) is 45.1 Å². The van der Waals surface area contributed by atoms with Gasteiger partial charge in [0.15, 0.2) is 0 Å². The zero-order valence-electron chi connectivity index (χ0n) is 13.2. The normalized spacial score (nSPS) is 26.0. The fourth-order valence-corrected chi connectivity index (χ4v) is 3.53. The summed E-state index contributed by atoms with van der Waals surface area (Å²) in [7, 11) is 0. The van der Waals surface area contributed by atoms with E-state index in [1.807, 2.05) is 12.4 Å². The minimum Gasteiger partial charge on any atom is -0.374 e. The molecule has 3 rings (SSSR count). The second-order valence-electron chi connectivity index (χ2n) is 6.49. The second-order valence-corrected chi connectivity index (χ2v) is 6.49. The molecular formula is C17H27N3O. The van der Waals surface area contributed by atoms with Crippen molar-refractivity contribution >= 4 is 5.69 Å². The third-order valence-corrected chi connectivity index (χ3v) is 4.63. The van der Waals surface area contributed by atoms with Gasteiger partial charge in [0, 0.05) is 25.3 Å². The van der Waals surface area contributed by atoms with Gasteiger partial charge >= 0.3 is 0 Å². The average molecular weight is 289 g/mol. The smallest absolute Gasteiger partial charge is 0.0779 e. The largest absolute Gasteiger partial charge is 0.374 e. The van der Waals surface area contributed by atoms with E-state index in [1.54, 1.807) is 0 Å². The monoisotopic (exact) mass is 289 g/mol. The van der Waals surface area contributed by atoms with E-state index < -0.39 is 0 Å². The lowest BCUT2D eigenvalue weighted by molar-refractivity contribution is -0.00876. The molecule has 0 bridgehead atoms. The van der Waals surface area contributed by atoms with Crippen LogP contribution in [-0.2, 0) is 11.3 Å². The average Bonchev–Trinajstić information content (AvgIpc) is 2.53. The Kier molecular flexibility index (Phi) is 4.76. The summed E-state index contributed by atoms with van der Waals surface area (Å²) in [5.74, 6) is 0. The molecule has 1 aromatic heterocycles. The van der Waals surface area contributed by atoms with Crippen molar-refractivity contribution in [3.63, 3.8) is 0 Å². The Hall–Kier alpha value is -1.13. The van der Waals surface area contributed by atoms with E-state index in [0.29, 0.717) is 18.2 Å². The zero-order chi connectivity index (χ0) is 14.7. The van der Waals surface area contributed by atoms with E-state index in [9.17, 15) is 0 Å². The van der Waals surface area contributed by atoms with Crippen molar-refractivity contribution in [2.24, 2.45) is 0 Å². The van der Waals surface area contributed by atoms with E-state index in [2.05, 4.69) is 35.1 Å². The first-order valence-electron chi connectivity index (χ1n) is 8.30. The van der Waals surface area contributed by atoms with Gasteiger partial charge in [0.25, 0.3) is 0 Å². The highest BCUT2D eigenvalue weighted by Gasteiger charge is 2.35. The number of hydrogen-bond donors (Lipinski definition) is 1. The summed E-state index contributed by atoms with van der Waals surface area (Å²) >= 11 is 0. The molecule has 2 fully saturated rings. The molecule has 116 valence electrons. The molecule has 2 atom stereocenters. The highest BCUT2D eigenvalue weighted by molar-refractivity contribution is 5.53. The molecule has 4 heteroatoms. The van der Waals surface area contributed by atoms with Crippen molar-refractivity contribution in [1.29, 1.82) is 0 Å². The quantitative estimate of drug-likeness (QED) is 0.925. The van der Waals surface area contributed by atoms with Crippen LogP contribution in [0.15, 0.2) is 18.5 Å². The van der Waals surface area contributed by atoms with E-state index in [-0.39, 0.29) is 0 Å². The lowest BCUT2D eigenvalue weighted by Crippen LogP contribution is -2.53. The summed E-state index contributed by atoms with van der Waals surface area (Å²) in [4.78, 5) is 6.93. The fraction of sp³-hybridized carbons (Fsp3) is 0.706. The number of anilines is 1. The van der Waals surface area contributed by atoms with Gasteiger partial charge in [-0.05, 0) is 24.5 Å². The molecule has 0 amide bonds. The van der Waals surface area contributed by atoms with Crippen LogP contribution >= 0.6 is 0 Å². The van der Waals surface area contributed by atoms with Gasteiger partial charge < -0.3 is 15.0 Å². The molecule has 4 nitrogen and oxygen atoms in total. The maximum Gasteiger partial charge on any atom is 0.0779 e. The van der Waals surface area contributed by atoms with Crippen molar-refractivity contribution < 1.29 is 4.74 Å². The standard InChI is InChI=1S/C17H27N3O/c1-13(2)19-11-14-7-8-18-12-16(14)20-9-10-21-17-6-4-3-5-15(17)20/h7-8,12-13,15,17,19H,3-6,9-11H2,1-2H3. The minimum absolute atomic E-state index is 0.415. The molecule has 0 aromatic carbocycles. The number of fused-ring (bicyclic) bond motifs is 1. The first kappa shape index (κ1) is 14.8. The maximum atomic E-state index is 5.99. The Labute approximate surface area is 127 Å². The van der Waals surface area contributed by atoms with Crippen LogP contribution in [-0.4, -0.2) is 36.3 Å². The Morgan fingerprint density at radius 3 is 3.10 bits per heavy atom. The van der Waals surface area contributed by atoms with Gasteiger partial charge in [0.1, 0.15) is 0 Å². The molecular weight excluding hydrogens is 262 g/mol. The molecule has 1 aliphatic carbocycles. The predicted molar refractivity (Wildman–Crippen MR) is 85.6 cm³/mol. The maximum absolute atomic E-state index is 5.99. The van der Waals surface area contributed by atoms with Crippen LogP contribution in [0.5, 0.6) is 0 Å². The molecule has 2 aliphatic rings. The van der Waals surface area contributed by atoms with Crippen molar-refractivity contribution in [3.8, 4) is 0 Å². The Morgan fingerprint density at radius 1 is 1.38 bits per heavy atom. The first-order chi connectivity index (χ1) is 10.3. The molecule has 2 heterocycles. The van der Waals surface area contributed by atoms with Crippen molar-refractivity contribution in [1.82, 2.24) is 10.3 Å². The summed E-state index contributed by atoms with van der Waals surface area (Å²) in [6, 6.07) is 3.19. The third kappa shape index (κ3) is 3.38. The molecule has 2 unspecified atom stereocenters. The molecule has 1 saturated carbocycles. The van der Waals surface area contributed by atoms with Crippen LogP contribution in [0, 0.1) is 0 Å². The number of pyridine rings is 1. The lowest BCUT2D eigenvalue weighted by Gasteiger charge is -2.45. The summed E-state index contributed by atoms with van der Waals surface area (Å²) in [5.41, 5.74) is 2.65. The van der Waals surface area contributed by atoms with Crippen LogP contribution in [0.4, 0.5) is 5.69 Å². The van der Waals surface area contributed by atoms with E-state index in [1.165, 1.54) is 36.9 Å². The molecule has 0 radical (unpaired) electrons. The fourth-order valence-electron chi connectivity index (χ4n) is 3.53. The predicted octanol–water partition coefficient (Wildman–Crippen LogP) is 2.73. The summed E-state index contributed by atoms with van der Waals surface area (Å²) in [5, 5.41) is 3.53. The molecule has 1 aromatic rings. The zero-order valence-corrected chi connectivity index (χ0v) is 13.2. The van der Waals surface area contributed by atoms with Crippen molar-refractivity contribution in [2.75, 3.05) is 18.1 Å². The highest BCUT2D eigenvalue weighted by Crippen LogP contribution is 2.33. The Morgan fingerprint density at radius 2 is 2.24 bits per heavy atom. The van der Waals surface area contributed by atoms with Gasteiger partial charge in [0.2, 0.25) is 0 Å². The molecule has 21 heavy (non-hydrogen) atoms. The summed E-state index contributed by atoms with van der Waals surface area (Å²) < 4.78 is 5.99. The number of nitrogens with one attached hydrogen (secondary N) is 1. The van der Waals surface area contributed by atoms with Crippen molar-refractivity contribution in [3.05, 3.63) is 24.0 Å².